The molecule has 0 saturated carbocycles. The summed E-state index contributed by atoms with van der Waals surface area (Å²) in [5.74, 6) is -0.557. The van der Waals surface area contributed by atoms with E-state index in [0.29, 0.717) is 12.5 Å². The maximum absolute atomic E-state index is 11.8. The van der Waals surface area contributed by atoms with Gasteiger partial charge in [0.25, 0.3) is 5.91 Å². The van der Waals surface area contributed by atoms with Gasteiger partial charge in [0.2, 0.25) is 0 Å². The van der Waals surface area contributed by atoms with Gasteiger partial charge in [-0.1, -0.05) is 32.8 Å². The van der Waals surface area contributed by atoms with E-state index in [1.54, 1.807) is 0 Å². The van der Waals surface area contributed by atoms with Crippen LogP contribution in [0.2, 0.25) is 0 Å². The van der Waals surface area contributed by atoms with Crippen molar-refractivity contribution in [1.82, 2.24) is 5.32 Å². The molecule has 0 aromatic heterocycles. The van der Waals surface area contributed by atoms with Gasteiger partial charge in [-0.15, -0.1) is 0 Å². The van der Waals surface area contributed by atoms with E-state index in [2.05, 4.69) is 19.2 Å². The molecule has 0 aliphatic heterocycles. The summed E-state index contributed by atoms with van der Waals surface area (Å²) in [5, 5.41) is 21.6. The molecule has 1 amide bonds. The lowest BCUT2D eigenvalue weighted by Gasteiger charge is -2.13. The topological polar surface area (TPSA) is 69.6 Å². The summed E-state index contributed by atoms with van der Waals surface area (Å²) in [6.45, 7) is 4.74. The molecular formula is C13H19NO3. The number of phenolic OH excluding ortho intramolecular Hbond substituents is 2. The normalized spacial score (nSPS) is 10.5. The van der Waals surface area contributed by atoms with E-state index in [1.807, 2.05) is 0 Å². The van der Waals surface area contributed by atoms with Crippen molar-refractivity contribution < 1.29 is 15.0 Å². The molecule has 0 aliphatic rings. The van der Waals surface area contributed by atoms with Crippen LogP contribution in [0.3, 0.4) is 0 Å². The van der Waals surface area contributed by atoms with Gasteiger partial charge in [0.05, 0.1) is 5.56 Å². The predicted molar refractivity (Wildman–Crippen MR) is 66.2 cm³/mol. The first-order chi connectivity index (χ1) is 8.10. The third-order valence-electron chi connectivity index (χ3n) is 2.97. The van der Waals surface area contributed by atoms with Gasteiger partial charge in [-0.25, -0.2) is 0 Å². The van der Waals surface area contributed by atoms with Gasteiger partial charge in [-0.05, 0) is 18.1 Å². The maximum Gasteiger partial charge on any atom is 0.255 e. The second-order valence-electron chi connectivity index (χ2n) is 4.07. The Morgan fingerprint density at radius 3 is 2.53 bits per heavy atom. The fourth-order valence-electron chi connectivity index (χ4n) is 1.62. The van der Waals surface area contributed by atoms with Crippen molar-refractivity contribution >= 4 is 5.91 Å². The summed E-state index contributed by atoms with van der Waals surface area (Å²) in [7, 11) is 0. The smallest absolute Gasteiger partial charge is 0.255 e. The first-order valence-corrected chi connectivity index (χ1v) is 5.89. The number of amides is 1. The number of nitrogens with one attached hydrogen (secondary N) is 1. The molecule has 0 bridgehead atoms. The zero-order valence-electron chi connectivity index (χ0n) is 10.2. The maximum atomic E-state index is 11.8. The van der Waals surface area contributed by atoms with Crippen molar-refractivity contribution in [2.24, 2.45) is 5.92 Å². The molecule has 4 heteroatoms. The van der Waals surface area contributed by atoms with Gasteiger partial charge in [-0.3, -0.25) is 4.79 Å². The largest absolute Gasteiger partial charge is 0.504 e. The van der Waals surface area contributed by atoms with Crippen molar-refractivity contribution in [3.63, 3.8) is 0 Å². The summed E-state index contributed by atoms with van der Waals surface area (Å²) in [6, 6.07) is 4.35. The van der Waals surface area contributed by atoms with E-state index in [-0.39, 0.29) is 23.0 Å². The minimum atomic E-state index is -0.366. The molecule has 0 radical (unpaired) electrons. The van der Waals surface area contributed by atoms with Crippen LogP contribution in [-0.2, 0) is 0 Å². The van der Waals surface area contributed by atoms with Crippen molar-refractivity contribution in [2.75, 3.05) is 6.54 Å². The standard InChI is InChI=1S/C13H19NO3/c1-3-9(4-2)8-14-13(17)10-6-5-7-11(15)12(10)16/h5-7,9,15-16H,3-4,8H2,1-2H3,(H,14,17). The van der Waals surface area contributed by atoms with Gasteiger partial charge in [-0.2, -0.15) is 0 Å². The highest BCUT2D eigenvalue weighted by molar-refractivity contribution is 5.97. The average Bonchev–Trinajstić information content (AvgIpc) is 2.33. The molecule has 0 aliphatic carbocycles. The van der Waals surface area contributed by atoms with E-state index in [1.165, 1.54) is 18.2 Å². The second kappa shape index (κ2) is 6.13. The van der Waals surface area contributed by atoms with E-state index in [4.69, 9.17) is 0 Å². The highest BCUT2D eigenvalue weighted by atomic mass is 16.3. The highest BCUT2D eigenvalue weighted by Gasteiger charge is 2.14. The number of phenols is 2. The summed E-state index contributed by atoms with van der Waals surface area (Å²) in [5.41, 5.74) is 0.107. The Bertz CT molecular complexity index is 386. The number of para-hydroxylation sites is 1. The van der Waals surface area contributed by atoms with E-state index in [0.717, 1.165) is 12.8 Å². The monoisotopic (exact) mass is 237 g/mol. The molecule has 0 fully saturated rings. The van der Waals surface area contributed by atoms with Gasteiger partial charge in [0.15, 0.2) is 11.5 Å². The van der Waals surface area contributed by atoms with Crippen LogP contribution in [-0.4, -0.2) is 22.7 Å². The van der Waals surface area contributed by atoms with Gasteiger partial charge in [0, 0.05) is 6.54 Å². The Hall–Kier alpha value is -1.71. The van der Waals surface area contributed by atoms with Crippen LogP contribution in [0.4, 0.5) is 0 Å². The Morgan fingerprint density at radius 1 is 1.29 bits per heavy atom. The molecule has 0 atom stereocenters. The number of benzene rings is 1. The van der Waals surface area contributed by atoms with E-state index < -0.39 is 0 Å². The lowest BCUT2D eigenvalue weighted by molar-refractivity contribution is 0.0943. The molecule has 4 nitrogen and oxygen atoms in total. The zero-order valence-corrected chi connectivity index (χ0v) is 10.2. The number of hydrogen-bond donors (Lipinski definition) is 3. The van der Waals surface area contributed by atoms with E-state index in [9.17, 15) is 15.0 Å². The molecule has 1 rings (SSSR count). The lowest BCUT2D eigenvalue weighted by atomic mass is 10.0. The summed E-state index contributed by atoms with van der Waals surface area (Å²) < 4.78 is 0. The van der Waals surface area contributed by atoms with Gasteiger partial charge >= 0.3 is 0 Å². The minimum Gasteiger partial charge on any atom is -0.504 e. The van der Waals surface area contributed by atoms with Crippen molar-refractivity contribution in [3.05, 3.63) is 23.8 Å². The van der Waals surface area contributed by atoms with Crippen molar-refractivity contribution in [1.29, 1.82) is 0 Å². The number of aromatic hydroxyl groups is 2. The van der Waals surface area contributed by atoms with Crippen molar-refractivity contribution in [2.45, 2.75) is 26.7 Å². The quantitative estimate of drug-likeness (QED) is 0.688. The number of carbonyl (C=O) groups is 1. The first kappa shape index (κ1) is 13.4. The van der Waals surface area contributed by atoms with Crippen LogP contribution < -0.4 is 5.32 Å². The molecule has 94 valence electrons. The van der Waals surface area contributed by atoms with Crippen LogP contribution in [0.1, 0.15) is 37.0 Å². The molecule has 17 heavy (non-hydrogen) atoms. The Morgan fingerprint density at radius 2 is 1.94 bits per heavy atom. The molecule has 3 N–H and O–H groups in total. The van der Waals surface area contributed by atoms with Crippen LogP contribution in [0.5, 0.6) is 11.5 Å². The average molecular weight is 237 g/mol. The zero-order chi connectivity index (χ0) is 12.8. The van der Waals surface area contributed by atoms with Crippen LogP contribution in [0, 0.1) is 5.92 Å². The highest BCUT2D eigenvalue weighted by Crippen LogP contribution is 2.27. The Balaban J connectivity index is 2.67. The summed E-state index contributed by atoms with van der Waals surface area (Å²) in [4.78, 5) is 11.8. The van der Waals surface area contributed by atoms with E-state index >= 15 is 0 Å². The molecule has 0 saturated heterocycles. The SMILES string of the molecule is CCC(CC)CNC(=O)c1cccc(O)c1O. The molecule has 0 heterocycles. The Labute approximate surface area is 101 Å². The van der Waals surface area contributed by atoms with Gasteiger partial charge in [0.1, 0.15) is 0 Å². The summed E-state index contributed by atoms with van der Waals surface area (Å²) in [6.07, 6.45) is 2.01. The fourth-order valence-corrected chi connectivity index (χ4v) is 1.62. The molecule has 1 aromatic carbocycles. The molecule has 0 spiro atoms. The lowest BCUT2D eigenvalue weighted by Crippen LogP contribution is -2.28. The van der Waals surface area contributed by atoms with Crippen LogP contribution in [0.25, 0.3) is 0 Å². The predicted octanol–water partition coefficient (Wildman–Crippen LogP) is 2.26. The third-order valence-corrected chi connectivity index (χ3v) is 2.97. The van der Waals surface area contributed by atoms with Crippen molar-refractivity contribution in [3.8, 4) is 11.5 Å². The first-order valence-electron chi connectivity index (χ1n) is 5.89. The van der Waals surface area contributed by atoms with Crippen LogP contribution >= 0.6 is 0 Å². The number of rotatable bonds is 5. The second-order valence-corrected chi connectivity index (χ2v) is 4.07. The summed E-state index contributed by atoms with van der Waals surface area (Å²) >= 11 is 0. The molecular weight excluding hydrogens is 218 g/mol. The number of hydrogen-bond acceptors (Lipinski definition) is 3. The molecule has 1 aromatic rings. The van der Waals surface area contributed by atoms with Crippen LogP contribution in [0.15, 0.2) is 18.2 Å². The minimum absolute atomic E-state index is 0.107. The fraction of sp³-hybridized carbons (Fsp3) is 0.462. The van der Waals surface area contributed by atoms with Gasteiger partial charge < -0.3 is 15.5 Å². The number of carbonyl (C=O) groups excluding carboxylic acids is 1. The third kappa shape index (κ3) is 3.37. The molecule has 0 unspecified atom stereocenters. The Kier molecular flexibility index (Phi) is 4.82.